The molecule has 0 aliphatic heterocycles. The monoisotopic (exact) mass is 264 g/mol. The number of amides is 1. The zero-order valence-electron chi connectivity index (χ0n) is 9.50. The first-order valence-electron chi connectivity index (χ1n) is 5.24. The van der Waals surface area contributed by atoms with E-state index < -0.39 is 5.91 Å². The second kappa shape index (κ2) is 6.20. The summed E-state index contributed by atoms with van der Waals surface area (Å²) in [6, 6.07) is 5.68. The van der Waals surface area contributed by atoms with E-state index in [9.17, 15) is 4.79 Å². The molecule has 2 aromatic rings. The Morgan fingerprint density at radius 2 is 2.39 bits per heavy atom. The fourth-order valence-electron chi connectivity index (χ4n) is 1.24. The first-order valence-corrected chi connectivity index (χ1v) is 6.12. The van der Waals surface area contributed by atoms with E-state index in [0.717, 1.165) is 16.4 Å². The lowest BCUT2D eigenvalue weighted by molar-refractivity contribution is -0.125. The zero-order chi connectivity index (χ0) is 12.8. The van der Waals surface area contributed by atoms with E-state index in [1.165, 1.54) is 11.3 Å². The van der Waals surface area contributed by atoms with Crippen LogP contribution in [0.5, 0.6) is 0 Å². The number of nitrogens with one attached hydrogen (secondary N) is 1. The van der Waals surface area contributed by atoms with Crippen molar-refractivity contribution in [3.63, 3.8) is 0 Å². The summed E-state index contributed by atoms with van der Waals surface area (Å²) in [6.07, 6.45) is 1.73. The lowest BCUT2D eigenvalue weighted by atomic mass is 10.4. The second-order valence-electron chi connectivity index (χ2n) is 3.44. The minimum absolute atomic E-state index is 0.156. The highest BCUT2D eigenvalue weighted by atomic mass is 32.1. The van der Waals surface area contributed by atoms with Gasteiger partial charge in [-0.1, -0.05) is 6.07 Å². The van der Waals surface area contributed by atoms with Crippen LogP contribution in [0.3, 0.4) is 0 Å². The molecule has 6 nitrogen and oxygen atoms in total. The summed E-state index contributed by atoms with van der Waals surface area (Å²) in [5.74, 6) is -0.519. The van der Waals surface area contributed by atoms with Crippen LogP contribution in [-0.4, -0.2) is 22.5 Å². The van der Waals surface area contributed by atoms with Crippen molar-refractivity contribution in [2.75, 3.05) is 6.61 Å². The normalized spacial score (nSPS) is 10.4. The Hall–Kier alpha value is -1.83. The maximum absolute atomic E-state index is 10.4. The summed E-state index contributed by atoms with van der Waals surface area (Å²) < 4.78 is 0. The van der Waals surface area contributed by atoms with Crippen molar-refractivity contribution in [3.05, 3.63) is 35.5 Å². The van der Waals surface area contributed by atoms with E-state index in [1.54, 1.807) is 6.20 Å². The number of pyridine rings is 1. The number of nitrogens with zero attached hydrogens (tertiary/aromatic N) is 2. The van der Waals surface area contributed by atoms with Crippen molar-refractivity contribution in [2.45, 2.75) is 6.54 Å². The van der Waals surface area contributed by atoms with Gasteiger partial charge in [-0.05, 0) is 12.1 Å². The molecule has 2 heterocycles. The van der Waals surface area contributed by atoms with Gasteiger partial charge in [0.2, 0.25) is 5.91 Å². The number of hydroxylamine groups is 1. The summed E-state index contributed by atoms with van der Waals surface area (Å²) in [5.41, 5.74) is 9.21. The van der Waals surface area contributed by atoms with Gasteiger partial charge in [-0.25, -0.2) is 4.98 Å². The highest BCUT2D eigenvalue weighted by molar-refractivity contribution is 7.13. The SMILES string of the molecule is NC(=O)CONCc1csc(-c2ccccn2)n1. The average molecular weight is 264 g/mol. The molecule has 0 saturated heterocycles. The number of hydrogen-bond donors (Lipinski definition) is 2. The first-order chi connectivity index (χ1) is 8.75. The third-order valence-electron chi connectivity index (χ3n) is 2.01. The van der Waals surface area contributed by atoms with Crippen LogP contribution in [0.25, 0.3) is 10.7 Å². The predicted octanol–water partition coefficient (Wildman–Crippen LogP) is 0.712. The molecule has 1 amide bonds. The van der Waals surface area contributed by atoms with Crippen LogP contribution < -0.4 is 11.2 Å². The van der Waals surface area contributed by atoms with Crippen molar-refractivity contribution in [1.82, 2.24) is 15.4 Å². The molecule has 0 aliphatic carbocycles. The molecule has 0 aliphatic rings. The number of rotatable bonds is 6. The molecular weight excluding hydrogens is 252 g/mol. The molecule has 0 unspecified atom stereocenters. The largest absolute Gasteiger partial charge is 0.368 e. The zero-order valence-corrected chi connectivity index (χ0v) is 10.3. The smallest absolute Gasteiger partial charge is 0.245 e. The van der Waals surface area contributed by atoms with E-state index in [0.29, 0.717) is 6.54 Å². The third kappa shape index (κ3) is 3.59. The Morgan fingerprint density at radius 3 is 3.11 bits per heavy atom. The Labute approximate surface area is 108 Å². The Kier molecular flexibility index (Phi) is 4.35. The lowest BCUT2D eigenvalue weighted by Gasteiger charge is -2.00. The Balaban J connectivity index is 1.89. The number of thiazole rings is 1. The van der Waals surface area contributed by atoms with Crippen LogP contribution >= 0.6 is 11.3 Å². The summed E-state index contributed by atoms with van der Waals surface area (Å²) in [5, 5.41) is 2.76. The molecule has 0 bridgehead atoms. The van der Waals surface area contributed by atoms with Crippen LogP contribution in [0.15, 0.2) is 29.8 Å². The predicted molar refractivity (Wildman–Crippen MR) is 67.3 cm³/mol. The minimum atomic E-state index is -0.519. The van der Waals surface area contributed by atoms with E-state index in [2.05, 4.69) is 15.4 Å². The second-order valence-corrected chi connectivity index (χ2v) is 4.29. The molecule has 3 N–H and O–H groups in total. The Morgan fingerprint density at radius 1 is 1.50 bits per heavy atom. The quantitative estimate of drug-likeness (QED) is 0.592. The molecule has 0 atom stereocenters. The van der Waals surface area contributed by atoms with Gasteiger partial charge in [-0.2, -0.15) is 5.48 Å². The van der Waals surface area contributed by atoms with Gasteiger partial charge < -0.3 is 5.73 Å². The van der Waals surface area contributed by atoms with E-state index in [-0.39, 0.29) is 6.61 Å². The van der Waals surface area contributed by atoms with Crippen LogP contribution in [-0.2, 0) is 16.2 Å². The maximum atomic E-state index is 10.4. The van der Waals surface area contributed by atoms with Crippen LogP contribution in [0.4, 0.5) is 0 Å². The van der Waals surface area contributed by atoms with Gasteiger partial charge in [-0.15, -0.1) is 11.3 Å². The molecule has 0 radical (unpaired) electrons. The molecule has 18 heavy (non-hydrogen) atoms. The van der Waals surface area contributed by atoms with Gasteiger partial charge in [0.15, 0.2) is 0 Å². The van der Waals surface area contributed by atoms with E-state index in [1.807, 2.05) is 23.6 Å². The summed E-state index contributed by atoms with van der Waals surface area (Å²) in [4.78, 5) is 23.9. The molecule has 0 aromatic carbocycles. The number of carbonyl (C=O) groups is 1. The van der Waals surface area contributed by atoms with Gasteiger partial charge in [0.05, 0.1) is 17.9 Å². The van der Waals surface area contributed by atoms with Gasteiger partial charge >= 0.3 is 0 Å². The number of carbonyl (C=O) groups excluding carboxylic acids is 1. The van der Waals surface area contributed by atoms with Crippen LogP contribution in [0.1, 0.15) is 5.69 Å². The van der Waals surface area contributed by atoms with E-state index in [4.69, 9.17) is 10.6 Å². The standard InChI is InChI=1S/C11H12N4O2S/c12-10(16)6-17-14-5-8-7-18-11(15-8)9-3-1-2-4-13-9/h1-4,7,14H,5-6H2,(H2,12,16). The van der Waals surface area contributed by atoms with Gasteiger partial charge in [-0.3, -0.25) is 14.6 Å². The molecule has 7 heteroatoms. The third-order valence-corrected chi connectivity index (χ3v) is 2.92. The molecule has 0 saturated carbocycles. The highest BCUT2D eigenvalue weighted by Crippen LogP contribution is 2.20. The van der Waals surface area contributed by atoms with Crippen molar-refractivity contribution in [1.29, 1.82) is 0 Å². The highest BCUT2D eigenvalue weighted by Gasteiger charge is 2.05. The topological polar surface area (TPSA) is 90.1 Å². The molecule has 94 valence electrons. The first kappa shape index (κ1) is 12.6. The minimum Gasteiger partial charge on any atom is -0.368 e. The molecular formula is C11H12N4O2S. The van der Waals surface area contributed by atoms with Crippen molar-refractivity contribution in [3.8, 4) is 10.7 Å². The van der Waals surface area contributed by atoms with Crippen molar-refractivity contribution < 1.29 is 9.63 Å². The lowest BCUT2D eigenvalue weighted by Crippen LogP contribution is -2.24. The molecule has 0 fully saturated rings. The van der Waals surface area contributed by atoms with Gasteiger partial charge in [0, 0.05) is 11.6 Å². The average Bonchev–Trinajstić information content (AvgIpc) is 2.84. The Bertz CT molecular complexity index is 515. The maximum Gasteiger partial charge on any atom is 0.245 e. The van der Waals surface area contributed by atoms with E-state index >= 15 is 0 Å². The van der Waals surface area contributed by atoms with Gasteiger partial charge in [0.1, 0.15) is 11.6 Å². The fourth-order valence-corrected chi connectivity index (χ4v) is 2.04. The molecule has 0 spiro atoms. The number of hydrogen-bond acceptors (Lipinski definition) is 6. The summed E-state index contributed by atoms with van der Waals surface area (Å²) >= 11 is 1.51. The number of primary amides is 1. The molecule has 2 aromatic heterocycles. The number of nitrogens with two attached hydrogens (primary N) is 1. The molecule has 2 rings (SSSR count). The van der Waals surface area contributed by atoms with Crippen molar-refractivity contribution >= 4 is 17.2 Å². The summed E-state index contributed by atoms with van der Waals surface area (Å²) in [7, 11) is 0. The summed E-state index contributed by atoms with van der Waals surface area (Å²) in [6.45, 7) is 0.258. The number of aromatic nitrogens is 2. The van der Waals surface area contributed by atoms with Gasteiger partial charge in [0.25, 0.3) is 0 Å². The fraction of sp³-hybridized carbons (Fsp3) is 0.182. The van der Waals surface area contributed by atoms with Crippen LogP contribution in [0, 0.1) is 0 Å². The van der Waals surface area contributed by atoms with Crippen LogP contribution in [0.2, 0.25) is 0 Å². The van der Waals surface area contributed by atoms with Crippen molar-refractivity contribution in [2.24, 2.45) is 5.73 Å².